The maximum atomic E-state index is 11.6. The van der Waals surface area contributed by atoms with Crippen LogP contribution < -0.4 is 0 Å². The van der Waals surface area contributed by atoms with E-state index in [-0.39, 0.29) is 11.9 Å². The molecule has 2 aromatic rings. The number of ether oxygens (including phenoxy) is 1. The molecule has 0 bridgehead atoms. The van der Waals surface area contributed by atoms with Crippen molar-refractivity contribution in [1.82, 2.24) is 14.6 Å². The number of pyridine rings is 1. The normalized spacial score (nSPS) is 22.0. The molecule has 118 valence electrons. The molecule has 22 heavy (non-hydrogen) atoms. The first kappa shape index (κ1) is 15.0. The minimum atomic E-state index is -0.0455. The van der Waals surface area contributed by atoms with Gasteiger partial charge >= 0.3 is 5.97 Å². The molecule has 2 aromatic heterocycles. The number of hydrogen-bond acceptors (Lipinski definition) is 4. The van der Waals surface area contributed by atoms with Gasteiger partial charge in [-0.2, -0.15) is 0 Å². The molecule has 1 saturated carbocycles. The first-order valence-corrected chi connectivity index (χ1v) is 7.97. The fourth-order valence-corrected chi connectivity index (χ4v) is 3.55. The first-order chi connectivity index (χ1) is 10.6. The van der Waals surface area contributed by atoms with E-state index in [4.69, 9.17) is 4.74 Å². The Kier molecular flexibility index (Phi) is 4.14. The number of rotatable bonds is 3. The monoisotopic (exact) mass is 301 g/mol. The van der Waals surface area contributed by atoms with Crippen molar-refractivity contribution in [3.05, 3.63) is 29.2 Å². The molecule has 1 aliphatic carbocycles. The van der Waals surface area contributed by atoms with Crippen molar-refractivity contribution >= 4 is 11.6 Å². The van der Waals surface area contributed by atoms with Crippen LogP contribution in [0.2, 0.25) is 0 Å². The second kappa shape index (κ2) is 6.07. The van der Waals surface area contributed by atoms with Crippen molar-refractivity contribution in [2.24, 2.45) is 11.8 Å². The molecule has 5 heteroatoms. The van der Waals surface area contributed by atoms with Gasteiger partial charge in [0.1, 0.15) is 5.82 Å². The van der Waals surface area contributed by atoms with Gasteiger partial charge in [-0.3, -0.25) is 9.20 Å². The van der Waals surface area contributed by atoms with Crippen molar-refractivity contribution in [1.29, 1.82) is 0 Å². The molecule has 0 aromatic carbocycles. The molecule has 2 heterocycles. The van der Waals surface area contributed by atoms with E-state index in [2.05, 4.69) is 33.8 Å². The zero-order valence-electron chi connectivity index (χ0n) is 13.5. The molecule has 0 N–H and O–H groups in total. The number of aromatic nitrogens is 3. The fraction of sp³-hybridized carbons (Fsp3) is 0.588. The predicted octanol–water partition coefficient (Wildman–Crippen LogP) is 2.87. The highest BCUT2D eigenvalue weighted by molar-refractivity contribution is 5.72. The highest BCUT2D eigenvalue weighted by Gasteiger charge is 2.27. The summed E-state index contributed by atoms with van der Waals surface area (Å²) in [6.07, 6.45) is 7.30. The second-order valence-electron chi connectivity index (χ2n) is 6.42. The molecule has 3 rings (SSSR count). The Hall–Kier alpha value is -1.91. The number of hydrogen-bond donors (Lipinski definition) is 0. The van der Waals surface area contributed by atoms with Crippen LogP contribution in [0.5, 0.6) is 0 Å². The van der Waals surface area contributed by atoms with Gasteiger partial charge in [-0.1, -0.05) is 6.07 Å². The van der Waals surface area contributed by atoms with Crippen LogP contribution in [-0.4, -0.2) is 27.7 Å². The van der Waals surface area contributed by atoms with Crippen LogP contribution in [0.3, 0.4) is 0 Å². The number of carbonyl (C=O) groups excluding carboxylic acids is 1. The quantitative estimate of drug-likeness (QED) is 0.818. The second-order valence-corrected chi connectivity index (χ2v) is 6.42. The molecule has 0 amide bonds. The Balaban J connectivity index is 1.69. The van der Waals surface area contributed by atoms with Gasteiger partial charge in [0.15, 0.2) is 5.65 Å². The Bertz CT molecular complexity index is 685. The molecular weight excluding hydrogens is 278 g/mol. The van der Waals surface area contributed by atoms with Gasteiger partial charge in [0.05, 0.1) is 13.0 Å². The van der Waals surface area contributed by atoms with Gasteiger partial charge in [0, 0.05) is 6.20 Å². The minimum absolute atomic E-state index is 0.0455. The zero-order valence-corrected chi connectivity index (χ0v) is 13.5. The lowest BCUT2D eigenvalue weighted by atomic mass is 9.79. The van der Waals surface area contributed by atoms with Crippen LogP contribution in [0.15, 0.2) is 12.3 Å². The Labute approximate surface area is 130 Å². The zero-order chi connectivity index (χ0) is 15.7. The molecule has 0 spiro atoms. The van der Waals surface area contributed by atoms with Crippen LogP contribution in [0.25, 0.3) is 5.65 Å². The maximum Gasteiger partial charge on any atom is 0.308 e. The van der Waals surface area contributed by atoms with E-state index in [9.17, 15) is 4.79 Å². The Morgan fingerprint density at radius 2 is 2.00 bits per heavy atom. The van der Waals surface area contributed by atoms with Gasteiger partial charge in [-0.05, 0) is 63.0 Å². The molecule has 0 unspecified atom stereocenters. The summed E-state index contributed by atoms with van der Waals surface area (Å²) >= 11 is 0. The SMILES string of the molecule is COC(=O)[C@H]1CC[C@H](Cc2cc(C)c3nnc(C)n3c2)CC1. The third-order valence-electron chi connectivity index (χ3n) is 4.82. The smallest absolute Gasteiger partial charge is 0.308 e. The summed E-state index contributed by atoms with van der Waals surface area (Å²) in [6.45, 7) is 4.06. The molecule has 5 nitrogen and oxygen atoms in total. The molecule has 1 aliphatic rings. The summed E-state index contributed by atoms with van der Waals surface area (Å²) in [5.74, 6) is 1.63. The van der Waals surface area contributed by atoms with Crippen LogP contribution in [-0.2, 0) is 16.0 Å². The van der Waals surface area contributed by atoms with Crippen molar-refractivity contribution in [2.75, 3.05) is 7.11 Å². The summed E-state index contributed by atoms with van der Waals surface area (Å²) < 4.78 is 6.93. The topological polar surface area (TPSA) is 56.5 Å². The fourth-order valence-electron chi connectivity index (χ4n) is 3.55. The third kappa shape index (κ3) is 2.85. The highest BCUT2D eigenvalue weighted by Crippen LogP contribution is 2.32. The first-order valence-electron chi connectivity index (χ1n) is 7.97. The number of carbonyl (C=O) groups is 1. The minimum Gasteiger partial charge on any atom is -0.469 e. The van der Waals surface area contributed by atoms with Gasteiger partial charge < -0.3 is 4.74 Å². The summed E-state index contributed by atoms with van der Waals surface area (Å²) in [7, 11) is 1.48. The largest absolute Gasteiger partial charge is 0.469 e. The average Bonchev–Trinajstić information content (AvgIpc) is 2.89. The molecule has 0 saturated heterocycles. The lowest BCUT2D eigenvalue weighted by Gasteiger charge is -2.27. The maximum absolute atomic E-state index is 11.6. The molecule has 0 atom stereocenters. The van der Waals surface area contributed by atoms with Crippen LogP contribution in [0.4, 0.5) is 0 Å². The predicted molar refractivity (Wildman–Crippen MR) is 83.6 cm³/mol. The molecule has 0 radical (unpaired) electrons. The van der Waals surface area contributed by atoms with Crippen molar-refractivity contribution in [3.63, 3.8) is 0 Å². The summed E-state index contributed by atoms with van der Waals surface area (Å²) in [5.41, 5.74) is 3.44. The number of methoxy groups -OCH3 is 1. The van der Waals surface area contributed by atoms with Gasteiger partial charge in [-0.25, -0.2) is 0 Å². The Morgan fingerprint density at radius 1 is 1.27 bits per heavy atom. The lowest BCUT2D eigenvalue weighted by Crippen LogP contribution is -2.23. The summed E-state index contributed by atoms with van der Waals surface area (Å²) in [6, 6.07) is 2.22. The summed E-state index contributed by atoms with van der Waals surface area (Å²) in [4.78, 5) is 11.6. The van der Waals surface area contributed by atoms with E-state index in [1.54, 1.807) is 0 Å². The Morgan fingerprint density at radius 3 is 2.68 bits per heavy atom. The molecule has 1 fully saturated rings. The standard InChI is InChI=1S/C17H23N3O2/c1-11-8-14(10-20-12(2)18-19-16(11)20)9-13-4-6-15(7-5-13)17(21)22-3/h8,10,13,15H,4-7,9H2,1-3H3/t13-,15-. The van der Waals surface area contributed by atoms with E-state index < -0.39 is 0 Å². The number of aryl methyl sites for hydroxylation is 2. The third-order valence-corrected chi connectivity index (χ3v) is 4.82. The summed E-state index contributed by atoms with van der Waals surface area (Å²) in [5, 5.41) is 8.35. The number of esters is 1. The lowest BCUT2D eigenvalue weighted by molar-refractivity contribution is -0.146. The van der Waals surface area contributed by atoms with E-state index in [0.29, 0.717) is 5.92 Å². The van der Waals surface area contributed by atoms with Crippen LogP contribution in [0.1, 0.15) is 42.6 Å². The van der Waals surface area contributed by atoms with Crippen molar-refractivity contribution in [2.45, 2.75) is 46.0 Å². The van der Waals surface area contributed by atoms with Crippen molar-refractivity contribution < 1.29 is 9.53 Å². The molecule has 0 aliphatic heterocycles. The average molecular weight is 301 g/mol. The van der Waals surface area contributed by atoms with Gasteiger partial charge in [-0.15, -0.1) is 10.2 Å². The van der Waals surface area contributed by atoms with Gasteiger partial charge in [0.2, 0.25) is 0 Å². The van der Waals surface area contributed by atoms with E-state index in [1.165, 1.54) is 18.2 Å². The van der Waals surface area contributed by atoms with Crippen LogP contribution in [0, 0.1) is 25.7 Å². The number of nitrogens with zero attached hydrogens (tertiary/aromatic N) is 3. The van der Waals surface area contributed by atoms with Crippen LogP contribution >= 0.6 is 0 Å². The van der Waals surface area contributed by atoms with Gasteiger partial charge in [0.25, 0.3) is 0 Å². The highest BCUT2D eigenvalue weighted by atomic mass is 16.5. The van der Waals surface area contributed by atoms with E-state index >= 15 is 0 Å². The molecular formula is C17H23N3O2. The van der Waals surface area contributed by atoms with Crippen molar-refractivity contribution in [3.8, 4) is 0 Å². The number of fused-ring (bicyclic) bond motifs is 1. The van der Waals surface area contributed by atoms with E-state index in [1.807, 2.05) is 6.92 Å². The van der Waals surface area contributed by atoms with E-state index in [0.717, 1.165) is 43.6 Å².